The van der Waals surface area contributed by atoms with Gasteiger partial charge < -0.3 is 15.4 Å². The maximum atomic E-state index is 12.0. The van der Waals surface area contributed by atoms with Gasteiger partial charge in [-0.2, -0.15) is 0 Å². The summed E-state index contributed by atoms with van der Waals surface area (Å²) in [5.41, 5.74) is 1.23. The minimum absolute atomic E-state index is 0.229. The molecule has 2 N–H and O–H groups in total. The molecule has 1 aliphatic heterocycles. The van der Waals surface area contributed by atoms with Gasteiger partial charge in [0.05, 0.1) is 6.54 Å². The van der Waals surface area contributed by atoms with E-state index in [0.29, 0.717) is 19.6 Å². The van der Waals surface area contributed by atoms with E-state index in [-0.39, 0.29) is 12.1 Å². The lowest BCUT2D eigenvalue weighted by Crippen LogP contribution is -2.39. The van der Waals surface area contributed by atoms with Crippen LogP contribution in [-0.2, 0) is 4.74 Å². The standard InChI is InChI=1S/C14H25N3O3/c1-6-7-15-12(18)16-11-9-17(8-10(11)2)13(19)20-14(3,4)5/h6-9H2,1-5H3,(H2,15,16,18). The van der Waals surface area contributed by atoms with E-state index >= 15 is 0 Å². The number of carbonyl (C=O) groups excluding carboxylic acids is 2. The smallest absolute Gasteiger partial charge is 0.410 e. The van der Waals surface area contributed by atoms with Crippen LogP contribution in [0, 0.1) is 0 Å². The van der Waals surface area contributed by atoms with Crippen LogP contribution in [0.2, 0.25) is 0 Å². The lowest BCUT2D eigenvalue weighted by Gasteiger charge is -2.24. The molecule has 6 heteroatoms. The molecular weight excluding hydrogens is 258 g/mol. The number of amides is 3. The van der Waals surface area contributed by atoms with E-state index in [1.54, 1.807) is 4.90 Å². The van der Waals surface area contributed by atoms with Gasteiger partial charge in [-0.15, -0.1) is 0 Å². The van der Waals surface area contributed by atoms with Crippen molar-refractivity contribution in [3.63, 3.8) is 0 Å². The maximum Gasteiger partial charge on any atom is 0.410 e. The normalized spacial score (nSPS) is 15.3. The van der Waals surface area contributed by atoms with Crippen molar-refractivity contribution < 1.29 is 14.3 Å². The maximum absolute atomic E-state index is 12.0. The van der Waals surface area contributed by atoms with Crippen molar-refractivity contribution >= 4 is 12.1 Å². The van der Waals surface area contributed by atoms with Gasteiger partial charge in [0.15, 0.2) is 0 Å². The second kappa shape index (κ2) is 6.63. The van der Waals surface area contributed by atoms with Crippen molar-refractivity contribution in [3.05, 3.63) is 11.3 Å². The van der Waals surface area contributed by atoms with Gasteiger partial charge in [0.25, 0.3) is 0 Å². The molecule has 0 aromatic carbocycles. The Labute approximate surface area is 120 Å². The second-order valence-corrected chi connectivity index (χ2v) is 5.98. The lowest BCUT2D eigenvalue weighted by atomic mass is 10.2. The zero-order valence-electron chi connectivity index (χ0n) is 13.0. The van der Waals surface area contributed by atoms with Crippen LogP contribution in [0.4, 0.5) is 9.59 Å². The summed E-state index contributed by atoms with van der Waals surface area (Å²) in [4.78, 5) is 25.2. The molecule has 0 aliphatic carbocycles. The number of carbonyl (C=O) groups is 2. The van der Waals surface area contributed by atoms with Gasteiger partial charge in [0, 0.05) is 18.8 Å². The van der Waals surface area contributed by atoms with Crippen LogP contribution in [0.1, 0.15) is 41.0 Å². The third-order valence-corrected chi connectivity index (χ3v) is 2.74. The van der Waals surface area contributed by atoms with Crippen molar-refractivity contribution in [2.45, 2.75) is 46.6 Å². The van der Waals surface area contributed by atoms with Crippen LogP contribution < -0.4 is 10.6 Å². The number of nitrogens with zero attached hydrogens (tertiary/aromatic N) is 1. The average molecular weight is 283 g/mol. The molecule has 0 unspecified atom stereocenters. The molecule has 0 aromatic heterocycles. The fourth-order valence-corrected chi connectivity index (χ4v) is 1.79. The quantitative estimate of drug-likeness (QED) is 0.834. The molecular formula is C14H25N3O3. The SMILES string of the molecule is CCCNC(=O)NC1=C(C)CN(C(=O)OC(C)(C)C)C1. The third-order valence-electron chi connectivity index (χ3n) is 2.74. The molecule has 1 heterocycles. The molecule has 0 radical (unpaired) electrons. The summed E-state index contributed by atoms with van der Waals surface area (Å²) in [5.74, 6) is 0. The summed E-state index contributed by atoms with van der Waals surface area (Å²) in [6, 6.07) is -0.229. The van der Waals surface area contributed by atoms with E-state index < -0.39 is 5.60 Å². The molecule has 6 nitrogen and oxygen atoms in total. The highest BCUT2D eigenvalue weighted by molar-refractivity contribution is 5.77. The molecule has 0 aromatic rings. The van der Waals surface area contributed by atoms with Gasteiger partial charge in [-0.25, -0.2) is 9.59 Å². The third kappa shape index (κ3) is 5.11. The zero-order valence-corrected chi connectivity index (χ0v) is 13.0. The van der Waals surface area contributed by atoms with E-state index in [1.165, 1.54) is 0 Å². The van der Waals surface area contributed by atoms with Gasteiger partial charge in [0.1, 0.15) is 5.60 Å². The first kappa shape index (κ1) is 16.3. The highest BCUT2D eigenvalue weighted by atomic mass is 16.6. The molecule has 1 rings (SSSR count). The lowest BCUT2D eigenvalue weighted by molar-refractivity contribution is 0.0298. The number of hydrogen-bond donors (Lipinski definition) is 2. The van der Waals surface area contributed by atoms with Gasteiger partial charge in [0.2, 0.25) is 0 Å². The fourth-order valence-electron chi connectivity index (χ4n) is 1.79. The van der Waals surface area contributed by atoms with Gasteiger partial charge >= 0.3 is 12.1 Å². The summed E-state index contributed by atoms with van der Waals surface area (Å²) in [7, 11) is 0. The summed E-state index contributed by atoms with van der Waals surface area (Å²) in [6.07, 6.45) is 0.526. The highest BCUT2D eigenvalue weighted by Crippen LogP contribution is 2.18. The Morgan fingerprint density at radius 1 is 1.30 bits per heavy atom. The first-order chi connectivity index (χ1) is 9.23. The minimum atomic E-state index is -0.514. The molecule has 0 fully saturated rings. The molecule has 0 saturated heterocycles. The van der Waals surface area contributed by atoms with E-state index in [2.05, 4.69) is 10.6 Å². The van der Waals surface area contributed by atoms with Gasteiger partial charge in [-0.3, -0.25) is 4.90 Å². The van der Waals surface area contributed by atoms with Crippen LogP contribution >= 0.6 is 0 Å². The molecule has 0 atom stereocenters. The summed E-state index contributed by atoms with van der Waals surface area (Å²) >= 11 is 0. The Morgan fingerprint density at radius 2 is 1.95 bits per heavy atom. The first-order valence-corrected chi connectivity index (χ1v) is 6.94. The molecule has 0 saturated carbocycles. The van der Waals surface area contributed by atoms with Gasteiger partial charge in [-0.1, -0.05) is 6.92 Å². The number of hydrogen-bond acceptors (Lipinski definition) is 3. The molecule has 0 spiro atoms. The topological polar surface area (TPSA) is 70.7 Å². The molecule has 0 bridgehead atoms. The molecule has 20 heavy (non-hydrogen) atoms. The first-order valence-electron chi connectivity index (χ1n) is 6.94. The summed E-state index contributed by atoms with van der Waals surface area (Å²) in [6.45, 7) is 10.9. The van der Waals surface area contributed by atoms with Crippen molar-refractivity contribution in [2.75, 3.05) is 19.6 Å². The van der Waals surface area contributed by atoms with E-state index in [0.717, 1.165) is 17.7 Å². The summed E-state index contributed by atoms with van der Waals surface area (Å²) in [5, 5.41) is 5.53. The highest BCUT2D eigenvalue weighted by Gasteiger charge is 2.28. The molecule has 114 valence electrons. The number of nitrogens with one attached hydrogen (secondary N) is 2. The Balaban J connectivity index is 2.51. The van der Waals surface area contributed by atoms with Crippen molar-refractivity contribution in [1.82, 2.24) is 15.5 Å². The fraction of sp³-hybridized carbons (Fsp3) is 0.714. The number of ether oxygens (including phenoxy) is 1. The average Bonchev–Trinajstić information content (AvgIpc) is 2.66. The van der Waals surface area contributed by atoms with Crippen LogP contribution in [0.5, 0.6) is 0 Å². The number of rotatable bonds is 3. The van der Waals surface area contributed by atoms with Crippen molar-refractivity contribution in [1.29, 1.82) is 0 Å². The van der Waals surface area contributed by atoms with Crippen LogP contribution in [0.3, 0.4) is 0 Å². The van der Waals surface area contributed by atoms with E-state index in [1.807, 2.05) is 34.6 Å². The minimum Gasteiger partial charge on any atom is -0.444 e. The van der Waals surface area contributed by atoms with Crippen molar-refractivity contribution in [2.24, 2.45) is 0 Å². The van der Waals surface area contributed by atoms with Crippen LogP contribution in [0.25, 0.3) is 0 Å². The second-order valence-electron chi connectivity index (χ2n) is 5.98. The van der Waals surface area contributed by atoms with E-state index in [4.69, 9.17) is 4.74 Å². The van der Waals surface area contributed by atoms with Crippen LogP contribution in [0.15, 0.2) is 11.3 Å². The predicted molar refractivity (Wildman–Crippen MR) is 77.3 cm³/mol. The summed E-state index contributed by atoms with van der Waals surface area (Å²) < 4.78 is 5.32. The Morgan fingerprint density at radius 3 is 2.50 bits per heavy atom. The monoisotopic (exact) mass is 283 g/mol. The van der Waals surface area contributed by atoms with Crippen molar-refractivity contribution in [3.8, 4) is 0 Å². The van der Waals surface area contributed by atoms with E-state index in [9.17, 15) is 9.59 Å². The Bertz CT molecular complexity index is 410. The Kier molecular flexibility index (Phi) is 5.42. The zero-order chi connectivity index (χ0) is 15.3. The largest absolute Gasteiger partial charge is 0.444 e. The molecule has 1 aliphatic rings. The van der Waals surface area contributed by atoms with Gasteiger partial charge in [-0.05, 0) is 39.7 Å². The number of urea groups is 1. The Hall–Kier alpha value is -1.72. The molecule has 3 amide bonds. The van der Waals surface area contributed by atoms with Crippen LogP contribution in [-0.4, -0.2) is 42.3 Å². The predicted octanol–water partition coefficient (Wildman–Crippen LogP) is 2.22.